The van der Waals surface area contributed by atoms with Crippen LogP contribution >= 0.6 is 11.3 Å². The largest absolute Gasteiger partial charge is 0.309 e. The highest BCUT2D eigenvalue weighted by Gasteiger charge is 2.58. The van der Waals surface area contributed by atoms with Gasteiger partial charge in [0.05, 0.1) is 21.2 Å². The molecule has 0 N–H and O–H groups in total. The van der Waals surface area contributed by atoms with Crippen LogP contribution in [0, 0.1) is 0 Å². The maximum Gasteiger partial charge on any atom is 0.0720 e. The molecule has 0 unspecified atom stereocenters. The van der Waals surface area contributed by atoms with Gasteiger partial charge in [0.2, 0.25) is 0 Å². The molecule has 14 rings (SSSR count). The van der Waals surface area contributed by atoms with E-state index < -0.39 is 10.8 Å². The second-order valence-electron chi connectivity index (χ2n) is 17.5. The quantitative estimate of drug-likeness (QED) is 0.171. The third-order valence-electron chi connectivity index (χ3n) is 14.6. The summed E-state index contributed by atoms with van der Waals surface area (Å²) in [6.45, 7) is 0. The van der Waals surface area contributed by atoms with Crippen LogP contribution < -0.4 is 4.90 Å². The van der Waals surface area contributed by atoms with Crippen molar-refractivity contribution >= 4 is 48.6 Å². The molecule has 0 saturated heterocycles. The van der Waals surface area contributed by atoms with Crippen molar-refractivity contribution in [3.05, 3.63) is 281 Å². The Bertz CT molecular complexity index is 3590. The van der Waals surface area contributed by atoms with Crippen molar-refractivity contribution in [2.75, 3.05) is 4.90 Å². The third-order valence-corrected chi connectivity index (χ3v) is 15.8. The molecule has 0 fully saturated rings. The number of thiophene rings is 1. The predicted octanol–water partition coefficient (Wildman–Crippen LogP) is 16.2. The third kappa shape index (κ3) is 4.57. The molecule has 2 heteroatoms. The number of fused-ring (bicyclic) bond motifs is 19. The van der Waals surface area contributed by atoms with E-state index in [0.29, 0.717) is 0 Å². The van der Waals surface area contributed by atoms with Crippen molar-refractivity contribution in [2.24, 2.45) is 0 Å². The predicted molar refractivity (Wildman–Crippen MR) is 268 cm³/mol. The summed E-state index contributed by atoms with van der Waals surface area (Å²) in [7, 11) is 0. The van der Waals surface area contributed by atoms with Crippen LogP contribution in [0.2, 0.25) is 0 Å². The maximum absolute atomic E-state index is 2.51. The Kier molecular flexibility index (Phi) is 7.47. The Morgan fingerprint density at radius 3 is 1.33 bits per heavy atom. The number of benzene rings is 10. The zero-order chi connectivity index (χ0) is 42.0. The van der Waals surface area contributed by atoms with Gasteiger partial charge in [-0.1, -0.05) is 194 Å². The van der Waals surface area contributed by atoms with Gasteiger partial charge in [-0.3, -0.25) is 0 Å². The van der Waals surface area contributed by atoms with Crippen LogP contribution in [-0.4, -0.2) is 0 Å². The second-order valence-corrected chi connectivity index (χ2v) is 18.5. The molecule has 298 valence electrons. The van der Waals surface area contributed by atoms with Gasteiger partial charge in [0.25, 0.3) is 0 Å². The molecule has 0 atom stereocenters. The fourth-order valence-electron chi connectivity index (χ4n) is 12.1. The first-order valence-electron chi connectivity index (χ1n) is 22.3. The normalized spacial score (nSPS) is 14.2. The summed E-state index contributed by atoms with van der Waals surface area (Å²) in [6, 6.07) is 88.9. The molecule has 64 heavy (non-hydrogen) atoms. The highest BCUT2D eigenvalue weighted by molar-refractivity contribution is 7.26. The van der Waals surface area contributed by atoms with Crippen molar-refractivity contribution in [2.45, 2.75) is 10.8 Å². The summed E-state index contributed by atoms with van der Waals surface area (Å²) in [5, 5.41) is 2.60. The lowest BCUT2D eigenvalue weighted by Crippen LogP contribution is -2.43. The number of anilines is 3. The summed E-state index contributed by atoms with van der Waals surface area (Å²) < 4.78 is 2.60. The highest BCUT2D eigenvalue weighted by Crippen LogP contribution is 2.67. The topological polar surface area (TPSA) is 3.24 Å². The highest BCUT2D eigenvalue weighted by atomic mass is 32.1. The molecule has 0 bridgehead atoms. The van der Waals surface area contributed by atoms with Gasteiger partial charge in [-0.25, -0.2) is 0 Å². The van der Waals surface area contributed by atoms with Crippen LogP contribution in [0.5, 0.6) is 0 Å². The van der Waals surface area contributed by atoms with Crippen molar-refractivity contribution < 1.29 is 0 Å². The monoisotopic (exact) mass is 829 g/mol. The van der Waals surface area contributed by atoms with Gasteiger partial charge in [0.15, 0.2) is 0 Å². The zero-order valence-corrected chi connectivity index (χ0v) is 35.7. The van der Waals surface area contributed by atoms with Crippen LogP contribution in [0.25, 0.3) is 53.6 Å². The first-order valence-corrected chi connectivity index (χ1v) is 23.1. The van der Waals surface area contributed by atoms with E-state index in [1.54, 1.807) is 0 Å². The van der Waals surface area contributed by atoms with E-state index in [1.807, 2.05) is 11.3 Å². The fourth-order valence-corrected chi connectivity index (χ4v) is 13.3. The number of nitrogens with zero attached hydrogens (tertiary/aromatic N) is 1. The molecule has 1 aromatic heterocycles. The molecule has 0 amide bonds. The van der Waals surface area contributed by atoms with Crippen molar-refractivity contribution in [3.8, 4) is 33.4 Å². The Labute approximate surface area is 376 Å². The van der Waals surface area contributed by atoms with Gasteiger partial charge < -0.3 is 4.90 Å². The van der Waals surface area contributed by atoms with Gasteiger partial charge in [-0.15, -0.1) is 11.3 Å². The summed E-state index contributed by atoms with van der Waals surface area (Å²) in [5.41, 5.74) is 21.0. The molecule has 11 aromatic rings. The van der Waals surface area contributed by atoms with E-state index in [4.69, 9.17) is 0 Å². The standard InChI is InChI=1S/C62H39NS/c1-2-17-42(18-3-1)63(58-31-16-23-49-48-22-7-15-32-59(48)64-60(49)58)43-36-33-40(34-37-43)41-35-38-47-46-21-6-10-26-52(46)62(57(47)39-41)55-29-13-11-27-53(55)61(54-28-12-14-30-56(54)62)50-24-8-4-19-44(50)45-20-5-9-25-51(45)61/h1-39H. The van der Waals surface area contributed by atoms with Gasteiger partial charge >= 0.3 is 0 Å². The van der Waals surface area contributed by atoms with Crippen molar-refractivity contribution in [1.82, 2.24) is 0 Å². The SMILES string of the molecule is c1ccc(N(c2ccc(-c3ccc4c(c3)C3(c5ccccc5-4)c4ccccc4C4(c5ccccc5-c5ccccc54)c4ccccc43)cc2)c2cccc3c2sc2ccccc23)cc1. The molecule has 10 aromatic carbocycles. The van der Waals surface area contributed by atoms with Gasteiger partial charge in [0, 0.05) is 26.8 Å². The van der Waals surface area contributed by atoms with E-state index in [9.17, 15) is 0 Å². The Balaban J connectivity index is 0.968. The number of rotatable bonds is 4. The molecule has 3 aliphatic carbocycles. The van der Waals surface area contributed by atoms with Crippen molar-refractivity contribution in [1.29, 1.82) is 0 Å². The lowest BCUT2D eigenvalue weighted by Gasteiger charge is -2.48. The molecule has 3 aliphatic rings. The molecule has 0 saturated carbocycles. The number of hydrogen-bond donors (Lipinski definition) is 0. The minimum atomic E-state index is -0.528. The van der Waals surface area contributed by atoms with Gasteiger partial charge in [0.1, 0.15) is 0 Å². The lowest BCUT2D eigenvalue weighted by molar-refractivity contribution is 0.633. The first-order chi connectivity index (χ1) is 31.8. The van der Waals surface area contributed by atoms with E-state index in [0.717, 1.165) is 11.4 Å². The van der Waals surface area contributed by atoms with E-state index in [1.165, 1.54) is 104 Å². The van der Waals surface area contributed by atoms with Crippen LogP contribution in [0.15, 0.2) is 237 Å². The average molecular weight is 830 g/mol. The first kappa shape index (κ1) is 35.8. The molecular weight excluding hydrogens is 791 g/mol. The fraction of sp³-hybridized carbons (Fsp3) is 0.0323. The van der Waals surface area contributed by atoms with Gasteiger partial charge in [-0.05, 0) is 120 Å². The summed E-state index contributed by atoms with van der Waals surface area (Å²) in [5.74, 6) is 0. The Hall–Kier alpha value is -7.78. The van der Waals surface area contributed by atoms with E-state index in [-0.39, 0.29) is 0 Å². The summed E-state index contributed by atoms with van der Waals surface area (Å²) in [6.07, 6.45) is 0. The van der Waals surface area contributed by atoms with Crippen LogP contribution in [0.3, 0.4) is 0 Å². The number of hydrogen-bond acceptors (Lipinski definition) is 2. The summed E-state index contributed by atoms with van der Waals surface area (Å²) >= 11 is 1.87. The number of para-hydroxylation sites is 1. The molecule has 0 radical (unpaired) electrons. The van der Waals surface area contributed by atoms with E-state index >= 15 is 0 Å². The molecule has 0 aliphatic heterocycles. The molecule has 1 nitrogen and oxygen atoms in total. The minimum Gasteiger partial charge on any atom is -0.309 e. The Morgan fingerprint density at radius 2 is 0.734 bits per heavy atom. The zero-order valence-electron chi connectivity index (χ0n) is 34.9. The maximum atomic E-state index is 2.51. The minimum absolute atomic E-state index is 0.457. The lowest BCUT2D eigenvalue weighted by atomic mass is 9.52. The second kappa shape index (κ2) is 13.4. The van der Waals surface area contributed by atoms with Crippen LogP contribution in [0.4, 0.5) is 17.1 Å². The van der Waals surface area contributed by atoms with Gasteiger partial charge in [-0.2, -0.15) is 0 Å². The average Bonchev–Trinajstić information content (AvgIpc) is 4.00. The van der Waals surface area contributed by atoms with Crippen LogP contribution in [0.1, 0.15) is 44.5 Å². The molecule has 2 spiro atoms. The summed E-state index contributed by atoms with van der Waals surface area (Å²) in [4.78, 5) is 2.42. The molecule has 1 heterocycles. The van der Waals surface area contributed by atoms with Crippen molar-refractivity contribution in [3.63, 3.8) is 0 Å². The molecular formula is C62H39NS. The van der Waals surface area contributed by atoms with E-state index in [2.05, 4.69) is 241 Å². The van der Waals surface area contributed by atoms with Crippen LogP contribution in [-0.2, 0) is 10.8 Å². The smallest absolute Gasteiger partial charge is 0.0720 e. The Morgan fingerprint density at radius 1 is 0.297 bits per heavy atom.